The molecule has 1 aliphatic rings. The molecule has 0 aromatic heterocycles. The van der Waals surface area contributed by atoms with E-state index in [1.165, 1.54) is 6.92 Å². The third-order valence-corrected chi connectivity index (χ3v) is 3.52. The van der Waals surface area contributed by atoms with Crippen LogP contribution in [0.3, 0.4) is 0 Å². The van der Waals surface area contributed by atoms with Gasteiger partial charge in [-0.15, -0.1) is 0 Å². The SMILES string of the molecule is CC(=O)OC1C=C(OC(C)(C)C)c2cccc3cccc1c23. The summed E-state index contributed by atoms with van der Waals surface area (Å²) in [4.78, 5) is 11.4. The summed E-state index contributed by atoms with van der Waals surface area (Å²) in [6.07, 6.45) is 1.48. The molecule has 1 unspecified atom stereocenters. The Bertz CT molecular complexity index is 761. The van der Waals surface area contributed by atoms with Gasteiger partial charge in [0, 0.05) is 24.1 Å². The summed E-state index contributed by atoms with van der Waals surface area (Å²) in [5.41, 5.74) is 1.73. The minimum Gasteiger partial charge on any atom is -0.488 e. The zero-order chi connectivity index (χ0) is 15.9. The van der Waals surface area contributed by atoms with E-state index < -0.39 is 6.10 Å². The zero-order valence-electron chi connectivity index (χ0n) is 13.3. The molecule has 0 spiro atoms. The molecule has 0 saturated carbocycles. The molecule has 0 fully saturated rings. The van der Waals surface area contributed by atoms with Crippen LogP contribution in [0.25, 0.3) is 16.5 Å². The molecule has 0 saturated heterocycles. The van der Waals surface area contributed by atoms with E-state index >= 15 is 0 Å². The molecule has 0 heterocycles. The van der Waals surface area contributed by atoms with Crippen LogP contribution in [0.15, 0.2) is 42.5 Å². The van der Waals surface area contributed by atoms with Crippen molar-refractivity contribution in [2.24, 2.45) is 0 Å². The molecule has 1 atom stereocenters. The molecular weight excluding hydrogens is 276 g/mol. The summed E-state index contributed by atoms with van der Waals surface area (Å²) >= 11 is 0. The Labute approximate surface area is 130 Å². The van der Waals surface area contributed by atoms with Gasteiger partial charge in [-0.1, -0.05) is 36.4 Å². The molecule has 0 amide bonds. The van der Waals surface area contributed by atoms with Crippen LogP contribution in [0.2, 0.25) is 0 Å². The van der Waals surface area contributed by atoms with Gasteiger partial charge in [-0.2, -0.15) is 0 Å². The van der Waals surface area contributed by atoms with Gasteiger partial charge in [-0.05, 0) is 31.5 Å². The summed E-state index contributed by atoms with van der Waals surface area (Å²) in [6.45, 7) is 7.46. The van der Waals surface area contributed by atoms with Crippen molar-refractivity contribution in [3.63, 3.8) is 0 Å². The summed E-state index contributed by atoms with van der Waals surface area (Å²) in [5.74, 6) is 0.468. The van der Waals surface area contributed by atoms with Gasteiger partial charge in [0.25, 0.3) is 0 Å². The van der Waals surface area contributed by atoms with Crippen molar-refractivity contribution in [3.8, 4) is 0 Å². The van der Waals surface area contributed by atoms with Crippen LogP contribution in [-0.2, 0) is 14.3 Å². The lowest BCUT2D eigenvalue weighted by Crippen LogP contribution is -2.20. The van der Waals surface area contributed by atoms with Crippen LogP contribution in [0.5, 0.6) is 0 Å². The molecule has 0 N–H and O–H groups in total. The molecule has 2 aromatic rings. The second kappa shape index (κ2) is 5.16. The molecule has 3 heteroatoms. The standard InChI is InChI=1S/C19H20O3/c1-12(20)21-16-11-17(22-19(2,3)4)15-10-6-8-13-7-5-9-14(16)18(13)15/h5-11,16H,1-4H3. The van der Waals surface area contributed by atoms with Crippen molar-refractivity contribution < 1.29 is 14.3 Å². The Morgan fingerprint density at radius 1 is 1.09 bits per heavy atom. The second-order valence-corrected chi connectivity index (χ2v) is 6.53. The van der Waals surface area contributed by atoms with E-state index in [4.69, 9.17) is 9.47 Å². The van der Waals surface area contributed by atoms with Gasteiger partial charge >= 0.3 is 5.97 Å². The first kappa shape index (κ1) is 14.6. The van der Waals surface area contributed by atoms with Crippen molar-refractivity contribution in [2.45, 2.75) is 39.4 Å². The van der Waals surface area contributed by atoms with E-state index in [1.807, 2.05) is 51.1 Å². The number of benzene rings is 2. The molecule has 0 aliphatic heterocycles. The van der Waals surface area contributed by atoms with Crippen molar-refractivity contribution in [1.82, 2.24) is 0 Å². The lowest BCUT2D eigenvalue weighted by molar-refractivity contribution is -0.144. The largest absolute Gasteiger partial charge is 0.488 e. The average Bonchev–Trinajstić information content (AvgIpc) is 2.41. The molecule has 2 aromatic carbocycles. The molecule has 0 radical (unpaired) electrons. The third kappa shape index (κ3) is 2.71. The molecule has 0 bridgehead atoms. The topological polar surface area (TPSA) is 35.5 Å². The fourth-order valence-corrected chi connectivity index (χ4v) is 2.82. The number of carbonyl (C=O) groups excluding carboxylic acids is 1. The van der Waals surface area contributed by atoms with E-state index in [1.54, 1.807) is 0 Å². The first-order chi connectivity index (χ1) is 10.3. The van der Waals surface area contributed by atoms with Crippen molar-refractivity contribution in [2.75, 3.05) is 0 Å². The number of esters is 1. The van der Waals surface area contributed by atoms with Gasteiger partial charge in [0.15, 0.2) is 0 Å². The predicted molar refractivity (Wildman–Crippen MR) is 87.3 cm³/mol. The van der Waals surface area contributed by atoms with Gasteiger partial charge in [-0.25, -0.2) is 0 Å². The van der Waals surface area contributed by atoms with Gasteiger partial charge in [-0.3, -0.25) is 4.79 Å². The number of ether oxygens (including phenoxy) is 2. The highest BCUT2D eigenvalue weighted by molar-refractivity contribution is 5.97. The average molecular weight is 296 g/mol. The van der Waals surface area contributed by atoms with Crippen molar-refractivity contribution in [3.05, 3.63) is 53.6 Å². The van der Waals surface area contributed by atoms with E-state index in [0.717, 1.165) is 27.7 Å². The van der Waals surface area contributed by atoms with Crippen LogP contribution in [0.4, 0.5) is 0 Å². The maximum Gasteiger partial charge on any atom is 0.303 e. The Morgan fingerprint density at radius 2 is 1.77 bits per heavy atom. The number of hydrogen-bond acceptors (Lipinski definition) is 3. The van der Waals surface area contributed by atoms with Gasteiger partial charge in [0.1, 0.15) is 17.5 Å². The van der Waals surface area contributed by atoms with Crippen LogP contribution >= 0.6 is 0 Å². The lowest BCUT2D eigenvalue weighted by Gasteiger charge is -2.29. The Balaban J connectivity index is 2.20. The maximum absolute atomic E-state index is 11.4. The molecule has 3 rings (SSSR count). The lowest BCUT2D eigenvalue weighted by atomic mass is 9.90. The number of carbonyl (C=O) groups is 1. The summed E-state index contributed by atoms with van der Waals surface area (Å²) in [6, 6.07) is 12.2. The minimum absolute atomic E-state index is 0.298. The van der Waals surface area contributed by atoms with Crippen molar-refractivity contribution >= 4 is 22.5 Å². The number of hydrogen-bond donors (Lipinski definition) is 0. The third-order valence-electron chi connectivity index (χ3n) is 3.52. The van der Waals surface area contributed by atoms with Gasteiger partial charge < -0.3 is 9.47 Å². The van der Waals surface area contributed by atoms with Gasteiger partial charge in [0.05, 0.1) is 0 Å². The summed E-state index contributed by atoms with van der Waals surface area (Å²) in [7, 11) is 0. The smallest absolute Gasteiger partial charge is 0.303 e. The summed E-state index contributed by atoms with van der Waals surface area (Å²) < 4.78 is 11.6. The normalized spacial score (nSPS) is 17.1. The van der Waals surface area contributed by atoms with Crippen molar-refractivity contribution in [1.29, 1.82) is 0 Å². The molecule has 1 aliphatic carbocycles. The highest BCUT2D eigenvalue weighted by Gasteiger charge is 2.27. The quantitative estimate of drug-likeness (QED) is 0.759. The monoisotopic (exact) mass is 296 g/mol. The Kier molecular flexibility index (Phi) is 3.44. The Hall–Kier alpha value is -2.29. The minimum atomic E-state index is -0.409. The van der Waals surface area contributed by atoms with Crippen LogP contribution in [0.1, 0.15) is 44.9 Å². The molecular formula is C19H20O3. The highest BCUT2D eigenvalue weighted by atomic mass is 16.5. The van der Waals surface area contributed by atoms with E-state index in [2.05, 4.69) is 12.1 Å². The van der Waals surface area contributed by atoms with Gasteiger partial charge in [0.2, 0.25) is 0 Å². The van der Waals surface area contributed by atoms with E-state index in [9.17, 15) is 4.79 Å². The Morgan fingerprint density at radius 3 is 2.41 bits per heavy atom. The second-order valence-electron chi connectivity index (χ2n) is 6.53. The summed E-state index contributed by atoms with van der Waals surface area (Å²) in [5, 5.41) is 2.22. The van der Waals surface area contributed by atoms with Crippen LogP contribution in [0, 0.1) is 0 Å². The predicted octanol–water partition coefficient (Wildman–Crippen LogP) is 4.61. The zero-order valence-corrected chi connectivity index (χ0v) is 13.3. The maximum atomic E-state index is 11.4. The molecule has 3 nitrogen and oxygen atoms in total. The first-order valence-corrected chi connectivity index (χ1v) is 7.45. The van der Waals surface area contributed by atoms with Crippen LogP contribution in [-0.4, -0.2) is 11.6 Å². The molecule has 114 valence electrons. The molecule has 22 heavy (non-hydrogen) atoms. The fraction of sp³-hybridized carbons (Fsp3) is 0.316. The van der Waals surface area contributed by atoms with Crippen LogP contribution < -0.4 is 0 Å². The van der Waals surface area contributed by atoms with E-state index in [0.29, 0.717) is 0 Å². The first-order valence-electron chi connectivity index (χ1n) is 7.45. The number of rotatable bonds is 2. The highest BCUT2D eigenvalue weighted by Crippen LogP contribution is 2.40. The fourth-order valence-electron chi connectivity index (χ4n) is 2.82. The van der Waals surface area contributed by atoms with E-state index in [-0.39, 0.29) is 11.6 Å².